The number of aromatic nitrogens is 2. The molecular formula is C21H30N4O. The molecule has 0 fully saturated rings. The number of nitrogens with one attached hydrogen (secondary N) is 2. The Labute approximate surface area is 156 Å². The third-order valence-electron chi connectivity index (χ3n) is 5.59. The molecule has 1 aliphatic rings. The Morgan fingerprint density at radius 2 is 2.00 bits per heavy atom. The number of aryl methyl sites for hydroxylation is 2. The Morgan fingerprint density at radius 3 is 2.69 bits per heavy atom. The maximum absolute atomic E-state index is 12.3. The molecule has 0 unspecified atom stereocenters. The first-order chi connectivity index (χ1) is 12.4. The number of benzene rings is 1. The van der Waals surface area contributed by atoms with E-state index in [1.807, 2.05) is 13.8 Å². The zero-order chi connectivity index (χ0) is 18.7. The molecule has 5 heteroatoms. The van der Waals surface area contributed by atoms with Crippen LogP contribution in [0, 0.1) is 13.8 Å². The molecule has 0 saturated carbocycles. The first-order valence-electron chi connectivity index (χ1n) is 9.46. The molecule has 3 rings (SSSR count). The molecule has 0 saturated heterocycles. The predicted octanol–water partition coefficient (Wildman–Crippen LogP) is 2.91. The third-order valence-corrected chi connectivity index (χ3v) is 5.59. The van der Waals surface area contributed by atoms with E-state index >= 15 is 0 Å². The zero-order valence-corrected chi connectivity index (χ0v) is 16.4. The highest BCUT2D eigenvalue weighted by Gasteiger charge is 2.30. The summed E-state index contributed by atoms with van der Waals surface area (Å²) in [5.74, 6) is 0.107. The number of amides is 1. The molecule has 1 aromatic heterocycles. The van der Waals surface area contributed by atoms with Crippen LogP contribution in [0.1, 0.15) is 48.3 Å². The standard InChI is InChI=1S/C21H30N4O/c1-15-19(16(2)24-23-15)9-10-20(26)22-14-21(3,4)25-12-11-17-7-5-6-8-18(17)13-25/h5-8H,9-14H2,1-4H3,(H,22,26)(H,23,24). The van der Waals surface area contributed by atoms with Gasteiger partial charge in [0.1, 0.15) is 0 Å². The van der Waals surface area contributed by atoms with Gasteiger partial charge in [-0.1, -0.05) is 24.3 Å². The van der Waals surface area contributed by atoms with E-state index in [-0.39, 0.29) is 11.4 Å². The molecular weight excluding hydrogens is 324 g/mol. The summed E-state index contributed by atoms with van der Waals surface area (Å²) in [7, 11) is 0. The number of nitrogens with zero attached hydrogens (tertiary/aromatic N) is 2. The Hall–Kier alpha value is -2.14. The van der Waals surface area contributed by atoms with E-state index < -0.39 is 0 Å². The first-order valence-corrected chi connectivity index (χ1v) is 9.46. The van der Waals surface area contributed by atoms with E-state index in [4.69, 9.17) is 0 Å². The normalized spacial score (nSPS) is 14.9. The van der Waals surface area contributed by atoms with Crippen molar-refractivity contribution in [3.8, 4) is 0 Å². The van der Waals surface area contributed by atoms with Crippen LogP contribution < -0.4 is 5.32 Å². The molecule has 1 aliphatic heterocycles. The molecule has 2 aromatic rings. The van der Waals surface area contributed by atoms with Gasteiger partial charge >= 0.3 is 0 Å². The fourth-order valence-electron chi connectivity index (χ4n) is 3.71. The van der Waals surface area contributed by atoms with Gasteiger partial charge in [-0.3, -0.25) is 14.8 Å². The van der Waals surface area contributed by atoms with Crippen molar-refractivity contribution >= 4 is 5.91 Å². The van der Waals surface area contributed by atoms with Crippen molar-refractivity contribution in [1.82, 2.24) is 20.4 Å². The lowest BCUT2D eigenvalue weighted by atomic mass is 9.94. The number of aromatic amines is 1. The van der Waals surface area contributed by atoms with Gasteiger partial charge in [-0.2, -0.15) is 5.10 Å². The highest BCUT2D eigenvalue weighted by atomic mass is 16.1. The summed E-state index contributed by atoms with van der Waals surface area (Å²) in [6.07, 6.45) is 2.31. The van der Waals surface area contributed by atoms with Gasteiger partial charge in [0.15, 0.2) is 0 Å². The van der Waals surface area contributed by atoms with E-state index in [1.165, 1.54) is 11.1 Å². The third kappa shape index (κ3) is 4.15. The minimum atomic E-state index is -0.0648. The van der Waals surface area contributed by atoms with Crippen LogP contribution in [0.4, 0.5) is 0 Å². The molecule has 0 aliphatic carbocycles. The number of carbonyl (C=O) groups is 1. The van der Waals surface area contributed by atoms with Gasteiger partial charge in [0.05, 0.1) is 5.69 Å². The summed E-state index contributed by atoms with van der Waals surface area (Å²) in [6.45, 7) is 11.1. The quantitative estimate of drug-likeness (QED) is 0.838. The van der Waals surface area contributed by atoms with Gasteiger partial charge in [-0.25, -0.2) is 0 Å². The molecule has 1 aromatic carbocycles. The zero-order valence-electron chi connectivity index (χ0n) is 16.4. The molecule has 5 nitrogen and oxygen atoms in total. The van der Waals surface area contributed by atoms with Crippen LogP contribution in [0.2, 0.25) is 0 Å². The van der Waals surface area contributed by atoms with Crippen molar-refractivity contribution in [2.75, 3.05) is 13.1 Å². The van der Waals surface area contributed by atoms with Gasteiger partial charge in [-0.05, 0) is 57.2 Å². The second-order valence-electron chi connectivity index (χ2n) is 7.94. The first kappa shape index (κ1) is 18.6. The number of hydrogen-bond acceptors (Lipinski definition) is 3. The van der Waals surface area contributed by atoms with Crippen molar-refractivity contribution < 1.29 is 4.79 Å². The van der Waals surface area contributed by atoms with Crippen LogP contribution in [0.3, 0.4) is 0 Å². The van der Waals surface area contributed by atoms with E-state index in [9.17, 15) is 4.79 Å². The molecule has 140 valence electrons. The average Bonchev–Trinajstić information content (AvgIpc) is 2.96. The minimum Gasteiger partial charge on any atom is -0.354 e. The van der Waals surface area contributed by atoms with Crippen molar-refractivity contribution in [2.24, 2.45) is 0 Å². The molecule has 0 radical (unpaired) electrons. The second kappa shape index (κ2) is 7.62. The molecule has 0 atom stereocenters. The summed E-state index contributed by atoms with van der Waals surface area (Å²) in [5.41, 5.74) is 6.00. The summed E-state index contributed by atoms with van der Waals surface area (Å²) >= 11 is 0. The smallest absolute Gasteiger partial charge is 0.220 e. The van der Waals surface area contributed by atoms with Crippen molar-refractivity contribution in [2.45, 2.75) is 59.0 Å². The lowest BCUT2D eigenvalue weighted by Crippen LogP contribution is -2.53. The van der Waals surface area contributed by atoms with Gasteiger partial charge in [0.25, 0.3) is 0 Å². The van der Waals surface area contributed by atoms with E-state index in [1.54, 1.807) is 0 Å². The van der Waals surface area contributed by atoms with Gasteiger partial charge in [0, 0.05) is 37.3 Å². The molecule has 2 N–H and O–H groups in total. The number of carbonyl (C=O) groups excluding carboxylic acids is 1. The maximum Gasteiger partial charge on any atom is 0.220 e. The van der Waals surface area contributed by atoms with Crippen molar-refractivity contribution in [3.05, 3.63) is 52.3 Å². The fourth-order valence-corrected chi connectivity index (χ4v) is 3.71. The van der Waals surface area contributed by atoms with Crippen LogP contribution in [-0.2, 0) is 24.2 Å². The number of rotatable bonds is 6. The summed E-state index contributed by atoms with van der Waals surface area (Å²) in [4.78, 5) is 14.8. The monoisotopic (exact) mass is 354 g/mol. The topological polar surface area (TPSA) is 61.0 Å². The Bertz CT molecular complexity index is 759. The summed E-state index contributed by atoms with van der Waals surface area (Å²) in [5, 5.41) is 10.3. The van der Waals surface area contributed by atoms with Crippen molar-refractivity contribution in [3.63, 3.8) is 0 Å². The Morgan fingerprint density at radius 1 is 1.27 bits per heavy atom. The lowest BCUT2D eigenvalue weighted by molar-refractivity contribution is -0.121. The number of fused-ring (bicyclic) bond motifs is 1. The van der Waals surface area contributed by atoms with E-state index in [2.05, 4.69) is 58.5 Å². The Kier molecular flexibility index (Phi) is 5.47. The fraction of sp³-hybridized carbons (Fsp3) is 0.524. The van der Waals surface area contributed by atoms with E-state index in [0.29, 0.717) is 13.0 Å². The maximum atomic E-state index is 12.3. The van der Waals surface area contributed by atoms with Crippen LogP contribution in [0.25, 0.3) is 0 Å². The summed E-state index contributed by atoms with van der Waals surface area (Å²) in [6, 6.07) is 8.66. The highest BCUT2D eigenvalue weighted by Crippen LogP contribution is 2.25. The Balaban J connectivity index is 1.51. The molecule has 2 heterocycles. The molecule has 0 spiro atoms. The van der Waals surface area contributed by atoms with Crippen LogP contribution >= 0.6 is 0 Å². The lowest BCUT2D eigenvalue weighted by Gasteiger charge is -2.41. The molecule has 1 amide bonds. The van der Waals surface area contributed by atoms with Gasteiger partial charge < -0.3 is 5.32 Å². The summed E-state index contributed by atoms with van der Waals surface area (Å²) < 4.78 is 0. The van der Waals surface area contributed by atoms with Crippen molar-refractivity contribution in [1.29, 1.82) is 0 Å². The largest absolute Gasteiger partial charge is 0.354 e. The van der Waals surface area contributed by atoms with Gasteiger partial charge in [-0.15, -0.1) is 0 Å². The SMILES string of the molecule is Cc1n[nH]c(C)c1CCC(=O)NCC(C)(C)N1CCc2ccccc2C1. The van der Waals surface area contributed by atoms with Gasteiger partial charge in [0.2, 0.25) is 5.91 Å². The number of hydrogen-bond donors (Lipinski definition) is 2. The predicted molar refractivity (Wildman–Crippen MR) is 104 cm³/mol. The second-order valence-corrected chi connectivity index (χ2v) is 7.94. The molecule has 26 heavy (non-hydrogen) atoms. The average molecular weight is 354 g/mol. The highest BCUT2D eigenvalue weighted by molar-refractivity contribution is 5.76. The molecule has 0 bridgehead atoms. The van der Waals surface area contributed by atoms with Crippen LogP contribution in [0.5, 0.6) is 0 Å². The van der Waals surface area contributed by atoms with E-state index in [0.717, 1.165) is 42.9 Å². The minimum absolute atomic E-state index is 0.0648. The van der Waals surface area contributed by atoms with Crippen LogP contribution in [0.15, 0.2) is 24.3 Å². The number of H-pyrrole nitrogens is 1. The van der Waals surface area contributed by atoms with Crippen LogP contribution in [-0.4, -0.2) is 39.6 Å².